The van der Waals surface area contributed by atoms with E-state index in [1.807, 2.05) is 6.92 Å². The average molecular weight is 273 g/mol. The number of methoxy groups -OCH3 is 1. The number of ether oxygens (including phenoxy) is 1. The van der Waals surface area contributed by atoms with Gasteiger partial charge in [-0.3, -0.25) is 4.79 Å². The van der Waals surface area contributed by atoms with Gasteiger partial charge in [-0.15, -0.1) is 0 Å². The third kappa shape index (κ3) is 1.69. The molecule has 1 aromatic heterocycles. The Hall–Kier alpha value is -0.840. The van der Waals surface area contributed by atoms with Gasteiger partial charge in [0.25, 0.3) is 0 Å². The van der Waals surface area contributed by atoms with Gasteiger partial charge in [-0.25, -0.2) is 4.98 Å². The van der Waals surface area contributed by atoms with E-state index in [0.717, 1.165) is 35.5 Å². The highest BCUT2D eigenvalue weighted by Gasteiger charge is 2.31. The van der Waals surface area contributed by atoms with Crippen LogP contribution >= 0.6 is 15.9 Å². The molecule has 0 N–H and O–H groups in total. The molecule has 0 radical (unpaired) electrons. The zero-order valence-corrected chi connectivity index (χ0v) is 10.4. The molecule has 82 valence electrons. The van der Waals surface area contributed by atoms with Crippen molar-refractivity contribution in [3.8, 4) is 0 Å². The second-order valence-electron chi connectivity index (χ2n) is 3.70. The molecule has 0 aliphatic carbocycles. The number of aromatic nitrogens is 2. The fourth-order valence-electron chi connectivity index (χ4n) is 2.12. The van der Waals surface area contributed by atoms with E-state index in [2.05, 4.69) is 25.5 Å². The molecule has 0 amide bonds. The summed E-state index contributed by atoms with van der Waals surface area (Å²) in [5.74, 6) is 0.612. The number of halogens is 1. The molecule has 1 unspecified atom stereocenters. The van der Waals surface area contributed by atoms with Gasteiger partial charge in [-0.05, 0) is 35.7 Å². The van der Waals surface area contributed by atoms with E-state index in [1.165, 1.54) is 7.11 Å². The van der Waals surface area contributed by atoms with Gasteiger partial charge < -0.3 is 9.30 Å². The summed E-state index contributed by atoms with van der Waals surface area (Å²) in [5, 5.41) is 0. The van der Waals surface area contributed by atoms with Gasteiger partial charge in [-0.2, -0.15) is 0 Å². The highest BCUT2D eigenvalue weighted by molar-refractivity contribution is 9.10. The zero-order chi connectivity index (χ0) is 11.0. The van der Waals surface area contributed by atoms with Gasteiger partial charge in [0.15, 0.2) is 0 Å². The SMILES string of the molecule is COC(=O)C1CCCn2c(C)nc(Br)c21. The molecule has 0 bridgehead atoms. The Kier molecular flexibility index (Phi) is 2.82. The van der Waals surface area contributed by atoms with Crippen molar-refractivity contribution in [1.82, 2.24) is 9.55 Å². The molecule has 4 nitrogen and oxygen atoms in total. The maximum absolute atomic E-state index is 11.6. The summed E-state index contributed by atoms with van der Waals surface area (Å²) in [6, 6.07) is 0. The predicted octanol–water partition coefficient (Wildman–Crippen LogP) is 2.00. The highest BCUT2D eigenvalue weighted by Crippen LogP contribution is 2.34. The molecule has 1 aromatic rings. The summed E-state index contributed by atoms with van der Waals surface area (Å²) in [6.45, 7) is 2.89. The van der Waals surface area contributed by atoms with Crippen LogP contribution in [-0.4, -0.2) is 22.6 Å². The smallest absolute Gasteiger partial charge is 0.314 e. The Morgan fingerprint density at radius 2 is 2.40 bits per heavy atom. The third-order valence-corrected chi connectivity index (χ3v) is 3.43. The lowest BCUT2D eigenvalue weighted by Crippen LogP contribution is -2.23. The van der Waals surface area contributed by atoms with Gasteiger partial charge in [0.05, 0.1) is 18.7 Å². The van der Waals surface area contributed by atoms with Crippen molar-refractivity contribution in [3.63, 3.8) is 0 Å². The lowest BCUT2D eigenvalue weighted by Gasteiger charge is -2.23. The number of hydrogen-bond donors (Lipinski definition) is 0. The van der Waals surface area contributed by atoms with Gasteiger partial charge >= 0.3 is 5.97 Å². The molecule has 1 atom stereocenters. The molecule has 2 rings (SSSR count). The van der Waals surface area contributed by atoms with E-state index in [0.29, 0.717) is 0 Å². The molecule has 0 saturated heterocycles. The Morgan fingerprint density at radius 1 is 1.67 bits per heavy atom. The second kappa shape index (κ2) is 3.96. The van der Waals surface area contributed by atoms with Crippen LogP contribution in [0.1, 0.15) is 30.3 Å². The van der Waals surface area contributed by atoms with Crippen molar-refractivity contribution in [3.05, 3.63) is 16.1 Å². The first-order chi connectivity index (χ1) is 7.15. The Morgan fingerprint density at radius 3 is 3.07 bits per heavy atom. The molecule has 0 aromatic carbocycles. The van der Waals surface area contributed by atoms with Gasteiger partial charge in [0, 0.05) is 6.54 Å². The second-order valence-corrected chi connectivity index (χ2v) is 4.46. The fourth-order valence-corrected chi connectivity index (χ4v) is 2.87. The third-order valence-electron chi connectivity index (χ3n) is 2.84. The number of imidazole rings is 1. The van der Waals surface area contributed by atoms with Crippen LogP contribution in [0.25, 0.3) is 0 Å². The topological polar surface area (TPSA) is 44.1 Å². The monoisotopic (exact) mass is 272 g/mol. The van der Waals surface area contributed by atoms with Gasteiger partial charge in [-0.1, -0.05) is 0 Å². The predicted molar refractivity (Wildman–Crippen MR) is 58.7 cm³/mol. The summed E-state index contributed by atoms with van der Waals surface area (Å²) in [7, 11) is 1.43. The Bertz CT molecular complexity index is 400. The number of carbonyl (C=O) groups excluding carboxylic acids is 1. The number of hydrogen-bond acceptors (Lipinski definition) is 3. The average Bonchev–Trinajstić information content (AvgIpc) is 2.54. The van der Waals surface area contributed by atoms with Crippen molar-refractivity contribution in [1.29, 1.82) is 0 Å². The van der Waals surface area contributed by atoms with E-state index in [-0.39, 0.29) is 11.9 Å². The summed E-state index contributed by atoms with van der Waals surface area (Å²) in [4.78, 5) is 15.9. The molecule has 1 aliphatic rings. The lowest BCUT2D eigenvalue weighted by molar-refractivity contribution is -0.143. The molecule has 0 fully saturated rings. The fraction of sp³-hybridized carbons (Fsp3) is 0.600. The summed E-state index contributed by atoms with van der Waals surface area (Å²) in [6.07, 6.45) is 1.84. The van der Waals surface area contributed by atoms with Crippen molar-refractivity contribution in [2.24, 2.45) is 0 Å². The molecule has 0 saturated carbocycles. The zero-order valence-electron chi connectivity index (χ0n) is 8.79. The number of carbonyl (C=O) groups is 1. The summed E-state index contributed by atoms with van der Waals surface area (Å²) >= 11 is 3.40. The van der Waals surface area contributed by atoms with Crippen LogP contribution in [-0.2, 0) is 16.1 Å². The number of fused-ring (bicyclic) bond motifs is 1. The largest absolute Gasteiger partial charge is 0.469 e. The van der Waals surface area contributed by atoms with Crippen molar-refractivity contribution in [2.45, 2.75) is 32.2 Å². The van der Waals surface area contributed by atoms with E-state index in [1.54, 1.807) is 0 Å². The number of rotatable bonds is 1. The van der Waals surface area contributed by atoms with Crippen molar-refractivity contribution < 1.29 is 9.53 Å². The number of aryl methyl sites for hydroxylation is 1. The molecule has 5 heteroatoms. The minimum atomic E-state index is -0.170. The molecule has 0 spiro atoms. The number of esters is 1. The van der Waals surface area contributed by atoms with E-state index < -0.39 is 0 Å². The van der Waals surface area contributed by atoms with Crippen LogP contribution in [0.2, 0.25) is 0 Å². The van der Waals surface area contributed by atoms with Gasteiger partial charge in [0.1, 0.15) is 10.4 Å². The minimum absolute atomic E-state index is 0.167. The maximum Gasteiger partial charge on any atom is 0.314 e. The van der Waals surface area contributed by atoms with E-state index in [4.69, 9.17) is 4.74 Å². The maximum atomic E-state index is 11.6. The molecule has 15 heavy (non-hydrogen) atoms. The lowest BCUT2D eigenvalue weighted by atomic mass is 9.96. The summed E-state index contributed by atoms with van der Waals surface area (Å²) < 4.78 is 7.68. The van der Waals surface area contributed by atoms with E-state index >= 15 is 0 Å². The van der Waals surface area contributed by atoms with Gasteiger partial charge in [0.2, 0.25) is 0 Å². The first kappa shape index (κ1) is 10.7. The van der Waals surface area contributed by atoms with E-state index in [9.17, 15) is 4.79 Å². The Labute approximate surface area is 96.8 Å². The molecule has 2 heterocycles. The highest BCUT2D eigenvalue weighted by atomic mass is 79.9. The minimum Gasteiger partial charge on any atom is -0.469 e. The van der Waals surface area contributed by atoms with Crippen LogP contribution in [0, 0.1) is 6.92 Å². The van der Waals surface area contributed by atoms with Crippen LogP contribution < -0.4 is 0 Å². The van der Waals surface area contributed by atoms with Crippen molar-refractivity contribution >= 4 is 21.9 Å². The van der Waals surface area contributed by atoms with Crippen LogP contribution in [0.4, 0.5) is 0 Å². The Balaban J connectivity index is 2.46. The first-order valence-electron chi connectivity index (χ1n) is 4.95. The quantitative estimate of drug-likeness (QED) is 0.735. The van der Waals surface area contributed by atoms with Crippen LogP contribution in [0.3, 0.4) is 0 Å². The summed E-state index contributed by atoms with van der Waals surface area (Å²) in [5.41, 5.74) is 0.964. The van der Waals surface area contributed by atoms with Crippen LogP contribution in [0.5, 0.6) is 0 Å². The first-order valence-corrected chi connectivity index (χ1v) is 5.74. The molecular weight excluding hydrogens is 260 g/mol. The molecule has 1 aliphatic heterocycles. The van der Waals surface area contributed by atoms with Crippen molar-refractivity contribution in [2.75, 3.05) is 7.11 Å². The number of nitrogens with zero attached hydrogens (tertiary/aromatic N) is 2. The standard InChI is InChI=1S/C10H13BrN2O2/c1-6-12-9(11)8-7(10(14)15-2)4-3-5-13(6)8/h7H,3-5H2,1-2H3. The molecular formula is C10H13BrN2O2. The normalized spacial score (nSPS) is 19.8. The van der Waals surface area contributed by atoms with Crippen LogP contribution in [0.15, 0.2) is 4.60 Å².